The molecule has 0 aliphatic heterocycles. The molecule has 0 bridgehead atoms. The van der Waals surface area contributed by atoms with E-state index < -0.39 is 0 Å². The number of aromatic hydroxyl groups is 1. The van der Waals surface area contributed by atoms with Gasteiger partial charge in [-0.3, -0.25) is 5.10 Å². The molecule has 0 saturated heterocycles. The van der Waals surface area contributed by atoms with Crippen LogP contribution in [-0.4, -0.2) is 26.2 Å². The van der Waals surface area contributed by atoms with Crippen LogP contribution in [0.3, 0.4) is 0 Å². The number of rotatable bonds is 3. The van der Waals surface area contributed by atoms with Gasteiger partial charge in [0.15, 0.2) is 5.82 Å². The number of benzene rings is 1. The van der Waals surface area contributed by atoms with Crippen LogP contribution in [0.5, 0.6) is 5.75 Å². The van der Waals surface area contributed by atoms with E-state index in [-0.39, 0.29) is 5.75 Å². The zero-order chi connectivity index (χ0) is 12.3. The van der Waals surface area contributed by atoms with Gasteiger partial charge in [0, 0.05) is 12.0 Å². The predicted molar refractivity (Wildman–Crippen MR) is 67.9 cm³/mol. The summed E-state index contributed by atoms with van der Waals surface area (Å²) in [7, 11) is 0. The molecule has 0 aliphatic rings. The van der Waals surface area contributed by atoms with E-state index in [2.05, 4.69) is 15.3 Å². The molecule has 2 rings (SSSR count). The number of aromatic nitrogens is 3. The molecule has 17 heavy (non-hydrogen) atoms. The van der Waals surface area contributed by atoms with Crippen LogP contribution >= 0.6 is 12.2 Å². The first-order chi connectivity index (χ1) is 8.22. The second-order valence-electron chi connectivity index (χ2n) is 3.41. The maximum atomic E-state index is 9.58. The molecule has 0 atom stereocenters. The first-order valence-corrected chi connectivity index (χ1v) is 5.62. The van der Waals surface area contributed by atoms with Gasteiger partial charge in [0.1, 0.15) is 5.75 Å². The Morgan fingerprint density at radius 2 is 2.29 bits per heavy atom. The highest BCUT2D eigenvalue weighted by Gasteiger charge is 2.01. The Labute approximate surface area is 103 Å². The highest BCUT2D eigenvalue weighted by molar-refractivity contribution is 7.71. The zero-order valence-electron chi connectivity index (χ0n) is 9.29. The van der Waals surface area contributed by atoms with Crippen molar-refractivity contribution in [3.63, 3.8) is 0 Å². The average Bonchev–Trinajstić information content (AvgIpc) is 2.69. The van der Waals surface area contributed by atoms with Crippen LogP contribution in [0.1, 0.15) is 18.3 Å². The topological polar surface area (TPSA) is 66.2 Å². The van der Waals surface area contributed by atoms with Crippen molar-refractivity contribution < 1.29 is 5.11 Å². The summed E-state index contributed by atoms with van der Waals surface area (Å²) in [5.74, 6) is 0.936. The van der Waals surface area contributed by atoms with Gasteiger partial charge in [-0.1, -0.05) is 19.1 Å². The second kappa shape index (κ2) is 4.92. The molecule has 1 heterocycles. The van der Waals surface area contributed by atoms with E-state index in [1.54, 1.807) is 29.1 Å². The monoisotopic (exact) mass is 248 g/mol. The van der Waals surface area contributed by atoms with Crippen molar-refractivity contribution in [2.75, 3.05) is 0 Å². The summed E-state index contributed by atoms with van der Waals surface area (Å²) in [5.41, 5.74) is 0.637. The summed E-state index contributed by atoms with van der Waals surface area (Å²) in [5, 5.41) is 20.5. The van der Waals surface area contributed by atoms with Crippen LogP contribution < -0.4 is 0 Å². The number of phenolic OH excluding ortho intramolecular Hbond substituents is 1. The Morgan fingerprint density at radius 3 is 3.00 bits per heavy atom. The van der Waals surface area contributed by atoms with Crippen molar-refractivity contribution >= 4 is 18.4 Å². The summed E-state index contributed by atoms with van der Waals surface area (Å²) in [6.45, 7) is 1.97. The molecule has 0 amide bonds. The van der Waals surface area contributed by atoms with Crippen LogP contribution in [-0.2, 0) is 6.42 Å². The lowest BCUT2D eigenvalue weighted by atomic mass is 10.2. The van der Waals surface area contributed by atoms with Gasteiger partial charge in [-0.15, -0.1) is 0 Å². The maximum Gasteiger partial charge on any atom is 0.216 e. The Kier molecular flexibility index (Phi) is 3.34. The van der Waals surface area contributed by atoms with Crippen LogP contribution in [0.4, 0.5) is 0 Å². The van der Waals surface area contributed by atoms with Gasteiger partial charge in [-0.05, 0) is 24.4 Å². The quantitative estimate of drug-likeness (QED) is 0.645. The van der Waals surface area contributed by atoms with Crippen LogP contribution in [0.2, 0.25) is 0 Å². The van der Waals surface area contributed by atoms with Crippen molar-refractivity contribution in [1.29, 1.82) is 0 Å². The molecule has 2 aromatic rings. The minimum Gasteiger partial charge on any atom is -0.507 e. The van der Waals surface area contributed by atoms with Gasteiger partial charge in [-0.2, -0.15) is 14.9 Å². The second-order valence-corrected chi connectivity index (χ2v) is 3.80. The summed E-state index contributed by atoms with van der Waals surface area (Å²) < 4.78 is 1.98. The van der Waals surface area contributed by atoms with Gasteiger partial charge >= 0.3 is 0 Å². The smallest absolute Gasteiger partial charge is 0.216 e. The molecular weight excluding hydrogens is 236 g/mol. The average molecular weight is 248 g/mol. The standard InChI is InChI=1S/C11H12N4OS/c1-2-10-13-14-11(17)15(10)12-7-8-5-3-4-6-9(8)16/h3-7,16H,2H2,1H3,(H,14,17)/b12-7+. The van der Waals surface area contributed by atoms with Gasteiger partial charge in [-0.25, -0.2) is 0 Å². The first kappa shape index (κ1) is 11.5. The van der Waals surface area contributed by atoms with Crippen molar-refractivity contribution in [1.82, 2.24) is 14.9 Å². The van der Waals surface area contributed by atoms with E-state index in [1.165, 1.54) is 0 Å². The zero-order valence-corrected chi connectivity index (χ0v) is 10.1. The lowest BCUT2D eigenvalue weighted by Gasteiger charge is -1.98. The van der Waals surface area contributed by atoms with E-state index >= 15 is 0 Å². The number of phenols is 1. The minimum absolute atomic E-state index is 0.185. The van der Waals surface area contributed by atoms with E-state index in [9.17, 15) is 5.11 Å². The Balaban J connectivity index is 2.35. The largest absolute Gasteiger partial charge is 0.507 e. The van der Waals surface area contributed by atoms with Crippen molar-refractivity contribution in [3.05, 3.63) is 40.4 Å². The third-order valence-corrected chi connectivity index (χ3v) is 2.55. The molecule has 0 spiro atoms. The van der Waals surface area contributed by atoms with Gasteiger partial charge in [0.2, 0.25) is 4.77 Å². The van der Waals surface area contributed by atoms with E-state index in [4.69, 9.17) is 12.2 Å². The molecule has 0 saturated carbocycles. The number of nitrogens with one attached hydrogen (secondary N) is 1. The number of hydrogen-bond donors (Lipinski definition) is 2. The van der Waals surface area contributed by atoms with Crippen molar-refractivity contribution in [2.24, 2.45) is 5.10 Å². The summed E-state index contributed by atoms with van der Waals surface area (Å²) >= 11 is 5.06. The lowest BCUT2D eigenvalue weighted by Crippen LogP contribution is -1.97. The highest BCUT2D eigenvalue weighted by atomic mass is 32.1. The third kappa shape index (κ3) is 2.42. The molecule has 0 aliphatic carbocycles. The molecule has 0 unspecified atom stereocenters. The molecule has 88 valence electrons. The van der Waals surface area contributed by atoms with E-state index in [1.807, 2.05) is 13.0 Å². The fourth-order valence-electron chi connectivity index (χ4n) is 1.39. The van der Waals surface area contributed by atoms with Crippen LogP contribution in [0.15, 0.2) is 29.4 Å². The third-order valence-electron chi connectivity index (χ3n) is 2.28. The molecule has 5 nitrogen and oxygen atoms in total. The molecule has 0 radical (unpaired) electrons. The highest BCUT2D eigenvalue weighted by Crippen LogP contribution is 2.13. The van der Waals surface area contributed by atoms with Gasteiger partial charge in [0.25, 0.3) is 0 Å². The molecular formula is C11H12N4OS. The van der Waals surface area contributed by atoms with Crippen molar-refractivity contribution in [2.45, 2.75) is 13.3 Å². The summed E-state index contributed by atoms with van der Waals surface area (Å²) in [6.07, 6.45) is 2.28. The Bertz CT molecular complexity index is 600. The number of aryl methyl sites for hydroxylation is 1. The maximum absolute atomic E-state index is 9.58. The molecule has 1 aromatic carbocycles. The normalized spacial score (nSPS) is 11.1. The van der Waals surface area contributed by atoms with Gasteiger partial charge in [0.05, 0.1) is 6.21 Å². The van der Waals surface area contributed by atoms with Gasteiger partial charge < -0.3 is 5.11 Å². The summed E-state index contributed by atoms with van der Waals surface area (Å²) in [4.78, 5) is 0. The minimum atomic E-state index is 0.185. The van der Waals surface area contributed by atoms with E-state index in [0.717, 1.165) is 12.2 Å². The number of para-hydroxylation sites is 1. The number of hydrogen-bond acceptors (Lipinski definition) is 4. The number of H-pyrrole nitrogens is 1. The van der Waals surface area contributed by atoms with Crippen molar-refractivity contribution in [3.8, 4) is 5.75 Å². The predicted octanol–water partition coefficient (Wildman–Crippen LogP) is 2.09. The summed E-state index contributed by atoms with van der Waals surface area (Å²) in [6, 6.07) is 6.97. The Morgan fingerprint density at radius 1 is 1.53 bits per heavy atom. The molecule has 6 heteroatoms. The van der Waals surface area contributed by atoms with Crippen LogP contribution in [0, 0.1) is 4.77 Å². The first-order valence-electron chi connectivity index (χ1n) is 5.21. The Hall–Kier alpha value is -1.95. The number of nitrogens with zero attached hydrogens (tertiary/aromatic N) is 3. The SMILES string of the molecule is CCc1n[nH]c(=S)n1/N=C/c1ccccc1O. The fraction of sp³-hybridized carbons (Fsp3) is 0.182. The molecule has 0 fully saturated rings. The molecule has 2 N–H and O–H groups in total. The number of aromatic amines is 1. The van der Waals surface area contributed by atoms with Crippen LogP contribution in [0.25, 0.3) is 0 Å². The lowest BCUT2D eigenvalue weighted by molar-refractivity contribution is 0.474. The van der Waals surface area contributed by atoms with E-state index in [0.29, 0.717) is 10.3 Å². The molecule has 1 aromatic heterocycles. The fourth-order valence-corrected chi connectivity index (χ4v) is 1.59.